The summed E-state index contributed by atoms with van der Waals surface area (Å²) in [5.74, 6) is 0.468. The van der Waals surface area contributed by atoms with Crippen LogP contribution in [0, 0.1) is 0 Å². The number of para-hydroxylation sites is 1. The number of hydrogen-bond donors (Lipinski definition) is 1. The summed E-state index contributed by atoms with van der Waals surface area (Å²) in [6, 6.07) is 26.0. The van der Waals surface area contributed by atoms with Crippen LogP contribution < -0.4 is 5.73 Å². The van der Waals surface area contributed by atoms with Gasteiger partial charge in [0.1, 0.15) is 11.3 Å². The Hall–Kier alpha value is -3.40. The third-order valence-electron chi connectivity index (χ3n) is 4.51. The molecule has 0 unspecified atom stereocenters. The van der Waals surface area contributed by atoms with Gasteiger partial charge in [-0.25, -0.2) is 4.98 Å². The second-order valence-corrected chi connectivity index (χ2v) is 6.30. The van der Waals surface area contributed by atoms with Crippen LogP contribution in [-0.4, -0.2) is 15.5 Å². The number of carbonyl (C=O) groups is 1. The molecular formula is C22H19N3O. The van der Waals surface area contributed by atoms with E-state index in [0.29, 0.717) is 24.0 Å². The summed E-state index contributed by atoms with van der Waals surface area (Å²) < 4.78 is 2.17. The summed E-state index contributed by atoms with van der Waals surface area (Å²) >= 11 is 0. The van der Waals surface area contributed by atoms with Gasteiger partial charge in [0, 0.05) is 13.0 Å². The smallest absolute Gasteiger partial charge is 0.250 e. The van der Waals surface area contributed by atoms with Gasteiger partial charge in [-0.15, -0.1) is 0 Å². The number of benzene rings is 3. The summed E-state index contributed by atoms with van der Waals surface area (Å²) in [5, 5.41) is 0. The van der Waals surface area contributed by atoms with Crippen LogP contribution in [0.15, 0.2) is 78.9 Å². The number of carbonyl (C=O) groups excluding carboxylic acids is 1. The summed E-state index contributed by atoms with van der Waals surface area (Å²) in [5.41, 5.74) is 9.98. The van der Waals surface area contributed by atoms with E-state index in [0.717, 1.165) is 11.3 Å². The van der Waals surface area contributed by atoms with E-state index < -0.39 is 5.91 Å². The number of nitrogens with zero attached hydrogens (tertiary/aromatic N) is 2. The van der Waals surface area contributed by atoms with Gasteiger partial charge in [-0.1, -0.05) is 66.7 Å². The number of imidazole rings is 1. The molecule has 0 aliphatic rings. The highest BCUT2D eigenvalue weighted by atomic mass is 16.1. The summed E-state index contributed by atoms with van der Waals surface area (Å²) in [6.07, 6.45) is 0.695. The fourth-order valence-electron chi connectivity index (χ4n) is 3.25. The summed E-state index contributed by atoms with van der Waals surface area (Å²) in [6.45, 7) is 0.696. The van der Waals surface area contributed by atoms with Crippen LogP contribution in [-0.2, 0) is 13.0 Å². The molecule has 0 saturated heterocycles. The van der Waals surface area contributed by atoms with Gasteiger partial charge in [0.2, 0.25) is 0 Å². The highest BCUT2D eigenvalue weighted by Gasteiger charge is 2.16. The molecular weight excluding hydrogens is 322 g/mol. The standard InChI is InChI=1S/C22H19N3O/c23-22(26)18-12-7-13-19-21(18)24-20(14-16-8-3-1-4-9-16)25(19)15-17-10-5-2-6-11-17/h1-13H,14-15H2,(H2,23,26). The number of hydrogen-bond acceptors (Lipinski definition) is 2. The Kier molecular flexibility index (Phi) is 4.23. The lowest BCUT2D eigenvalue weighted by atomic mass is 10.1. The number of primary amides is 1. The van der Waals surface area contributed by atoms with E-state index in [1.54, 1.807) is 6.07 Å². The number of amides is 1. The Morgan fingerprint density at radius 1 is 0.846 bits per heavy atom. The monoisotopic (exact) mass is 341 g/mol. The zero-order valence-corrected chi connectivity index (χ0v) is 14.3. The minimum atomic E-state index is -0.453. The quantitative estimate of drug-likeness (QED) is 0.600. The predicted octanol–water partition coefficient (Wildman–Crippen LogP) is 3.77. The fraction of sp³-hybridized carbons (Fsp3) is 0.0909. The van der Waals surface area contributed by atoms with Gasteiger partial charge < -0.3 is 10.3 Å². The first kappa shape index (κ1) is 16.1. The van der Waals surface area contributed by atoms with Crippen molar-refractivity contribution in [2.75, 3.05) is 0 Å². The molecule has 1 heterocycles. The van der Waals surface area contributed by atoms with E-state index in [1.165, 1.54) is 11.1 Å². The summed E-state index contributed by atoms with van der Waals surface area (Å²) in [4.78, 5) is 16.6. The van der Waals surface area contributed by atoms with Gasteiger partial charge in [-0.05, 0) is 23.3 Å². The van der Waals surface area contributed by atoms with E-state index >= 15 is 0 Å². The molecule has 0 fully saturated rings. The maximum atomic E-state index is 11.8. The second-order valence-electron chi connectivity index (χ2n) is 6.30. The highest BCUT2D eigenvalue weighted by molar-refractivity contribution is 6.04. The van der Waals surface area contributed by atoms with Gasteiger partial charge in [-0.2, -0.15) is 0 Å². The van der Waals surface area contributed by atoms with Crippen molar-refractivity contribution >= 4 is 16.9 Å². The lowest BCUT2D eigenvalue weighted by Gasteiger charge is -2.10. The van der Waals surface area contributed by atoms with Crippen molar-refractivity contribution in [1.82, 2.24) is 9.55 Å². The van der Waals surface area contributed by atoms with E-state index in [4.69, 9.17) is 10.7 Å². The molecule has 0 aliphatic carbocycles. The SMILES string of the molecule is NC(=O)c1cccc2c1nc(Cc1ccccc1)n2Cc1ccccc1. The second kappa shape index (κ2) is 6.84. The Balaban J connectivity index is 1.86. The van der Waals surface area contributed by atoms with Gasteiger partial charge in [-0.3, -0.25) is 4.79 Å². The number of rotatable bonds is 5. The normalized spacial score (nSPS) is 10.9. The molecule has 1 aromatic heterocycles. The predicted molar refractivity (Wildman–Crippen MR) is 103 cm³/mol. The van der Waals surface area contributed by atoms with Crippen LogP contribution in [0.4, 0.5) is 0 Å². The molecule has 128 valence electrons. The van der Waals surface area contributed by atoms with Crippen molar-refractivity contribution in [3.8, 4) is 0 Å². The maximum absolute atomic E-state index is 11.8. The third kappa shape index (κ3) is 3.09. The molecule has 4 nitrogen and oxygen atoms in total. The van der Waals surface area contributed by atoms with Gasteiger partial charge in [0.05, 0.1) is 11.1 Å². The topological polar surface area (TPSA) is 60.9 Å². The van der Waals surface area contributed by atoms with Gasteiger partial charge >= 0.3 is 0 Å². The minimum Gasteiger partial charge on any atom is -0.366 e. The van der Waals surface area contributed by atoms with Crippen LogP contribution in [0.3, 0.4) is 0 Å². The van der Waals surface area contributed by atoms with Crippen molar-refractivity contribution in [2.24, 2.45) is 5.73 Å². The van der Waals surface area contributed by atoms with Crippen molar-refractivity contribution < 1.29 is 4.79 Å². The molecule has 4 aromatic rings. The molecule has 0 saturated carbocycles. The lowest BCUT2D eigenvalue weighted by molar-refractivity contribution is 0.100. The Labute approximate surface area is 151 Å². The third-order valence-corrected chi connectivity index (χ3v) is 4.51. The van der Waals surface area contributed by atoms with E-state index in [1.807, 2.05) is 48.5 Å². The van der Waals surface area contributed by atoms with Crippen LogP contribution >= 0.6 is 0 Å². The summed E-state index contributed by atoms with van der Waals surface area (Å²) in [7, 11) is 0. The van der Waals surface area contributed by atoms with E-state index in [-0.39, 0.29) is 0 Å². The molecule has 0 aliphatic heterocycles. The van der Waals surface area contributed by atoms with Gasteiger partial charge in [0.15, 0.2) is 0 Å². The number of fused-ring (bicyclic) bond motifs is 1. The van der Waals surface area contributed by atoms with Crippen molar-refractivity contribution in [2.45, 2.75) is 13.0 Å². The van der Waals surface area contributed by atoms with Crippen LogP contribution in [0.1, 0.15) is 27.3 Å². The minimum absolute atomic E-state index is 0.453. The molecule has 4 heteroatoms. The molecule has 0 bridgehead atoms. The molecule has 0 radical (unpaired) electrons. The largest absolute Gasteiger partial charge is 0.366 e. The van der Waals surface area contributed by atoms with Gasteiger partial charge in [0.25, 0.3) is 5.91 Å². The first-order valence-electron chi connectivity index (χ1n) is 8.58. The van der Waals surface area contributed by atoms with Crippen molar-refractivity contribution in [3.05, 3.63) is 101 Å². The van der Waals surface area contributed by atoms with E-state index in [9.17, 15) is 4.79 Å². The molecule has 3 aromatic carbocycles. The molecule has 1 amide bonds. The Morgan fingerprint density at radius 3 is 2.15 bits per heavy atom. The van der Waals surface area contributed by atoms with Crippen molar-refractivity contribution in [1.29, 1.82) is 0 Å². The molecule has 2 N–H and O–H groups in total. The zero-order chi connectivity index (χ0) is 17.9. The Morgan fingerprint density at radius 2 is 1.50 bits per heavy atom. The average Bonchev–Trinajstić information content (AvgIpc) is 3.00. The fourth-order valence-corrected chi connectivity index (χ4v) is 3.25. The lowest BCUT2D eigenvalue weighted by Crippen LogP contribution is -2.11. The van der Waals surface area contributed by atoms with Crippen LogP contribution in [0.2, 0.25) is 0 Å². The molecule has 0 atom stereocenters. The Bertz CT molecular complexity index is 1050. The van der Waals surface area contributed by atoms with Crippen LogP contribution in [0.5, 0.6) is 0 Å². The highest BCUT2D eigenvalue weighted by Crippen LogP contribution is 2.23. The van der Waals surface area contributed by atoms with Crippen molar-refractivity contribution in [3.63, 3.8) is 0 Å². The number of nitrogens with two attached hydrogens (primary N) is 1. The molecule has 4 rings (SSSR count). The first-order chi connectivity index (χ1) is 12.7. The van der Waals surface area contributed by atoms with E-state index in [2.05, 4.69) is 28.8 Å². The average molecular weight is 341 g/mol. The first-order valence-corrected chi connectivity index (χ1v) is 8.58. The maximum Gasteiger partial charge on any atom is 0.250 e. The zero-order valence-electron chi connectivity index (χ0n) is 14.3. The number of aromatic nitrogens is 2. The molecule has 26 heavy (non-hydrogen) atoms. The van der Waals surface area contributed by atoms with Crippen LogP contribution in [0.25, 0.3) is 11.0 Å². The molecule has 0 spiro atoms.